The molecule has 0 radical (unpaired) electrons. The summed E-state index contributed by atoms with van der Waals surface area (Å²) < 4.78 is 4.95. The molecule has 0 aliphatic rings. The van der Waals surface area contributed by atoms with E-state index in [-0.39, 0.29) is 6.61 Å². The minimum Gasteiger partial charge on any atom is -0.481 e. The first kappa shape index (κ1) is 10.3. The van der Waals surface area contributed by atoms with Crippen molar-refractivity contribution in [1.29, 1.82) is 0 Å². The fourth-order valence-corrected chi connectivity index (χ4v) is 0.832. The molecule has 0 saturated heterocycles. The summed E-state index contributed by atoms with van der Waals surface area (Å²) in [5.74, 6) is 3.12. The van der Waals surface area contributed by atoms with E-state index in [1.165, 1.54) is 7.11 Å². The molecular weight excluding hydrogens is 182 g/mol. The summed E-state index contributed by atoms with van der Waals surface area (Å²) >= 11 is 0. The summed E-state index contributed by atoms with van der Waals surface area (Å²) in [6, 6.07) is 1.71. The van der Waals surface area contributed by atoms with Gasteiger partial charge in [-0.2, -0.15) is 4.98 Å². The Hall–Kier alpha value is -1.80. The first-order chi connectivity index (χ1) is 6.76. The minimum atomic E-state index is 0.152. The van der Waals surface area contributed by atoms with Crippen molar-refractivity contribution in [3.05, 3.63) is 11.8 Å². The molecule has 0 aromatic carbocycles. The molecule has 74 valence electrons. The van der Waals surface area contributed by atoms with Gasteiger partial charge in [-0.05, 0) is 6.92 Å². The lowest BCUT2D eigenvalue weighted by molar-refractivity contribution is 0.230. The van der Waals surface area contributed by atoms with Gasteiger partial charge in [-0.15, -0.1) is 6.42 Å². The number of aryl methyl sites for hydroxylation is 1. The van der Waals surface area contributed by atoms with Crippen LogP contribution in [-0.4, -0.2) is 23.7 Å². The predicted octanol–water partition coefficient (Wildman–Crippen LogP) is 0.770. The molecule has 0 aliphatic carbocycles. The molecule has 1 aromatic heterocycles. The fraction of sp³-hybridized carbons (Fsp3) is 0.333. The Morgan fingerprint density at radius 1 is 1.57 bits per heavy atom. The van der Waals surface area contributed by atoms with Crippen molar-refractivity contribution in [1.82, 2.24) is 9.97 Å². The van der Waals surface area contributed by atoms with Crippen molar-refractivity contribution < 1.29 is 9.57 Å². The molecule has 0 unspecified atom stereocenters. The molecule has 1 aromatic rings. The summed E-state index contributed by atoms with van der Waals surface area (Å²) in [7, 11) is 1.54. The lowest BCUT2D eigenvalue weighted by atomic mass is 10.4. The summed E-state index contributed by atoms with van der Waals surface area (Å²) in [6.07, 6.45) is 5.00. The monoisotopic (exact) mass is 193 g/mol. The van der Waals surface area contributed by atoms with Gasteiger partial charge in [0.2, 0.25) is 5.88 Å². The van der Waals surface area contributed by atoms with Crippen LogP contribution in [-0.2, 0) is 4.84 Å². The van der Waals surface area contributed by atoms with E-state index in [0.29, 0.717) is 11.8 Å². The van der Waals surface area contributed by atoms with E-state index < -0.39 is 0 Å². The average molecular weight is 193 g/mol. The van der Waals surface area contributed by atoms with Crippen LogP contribution in [0.1, 0.15) is 5.69 Å². The topological polar surface area (TPSA) is 56.3 Å². The molecule has 5 nitrogen and oxygen atoms in total. The lowest BCUT2D eigenvalue weighted by Gasteiger charge is -2.05. The first-order valence-corrected chi connectivity index (χ1v) is 3.97. The van der Waals surface area contributed by atoms with Gasteiger partial charge in [-0.1, -0.05) is 5.92 Å². The SMILES string of the molecule is C#CCONc1nc(C)cc(OC)n1. The van der Waals surface area contributed by atoms with Crippen molar-refractivity contribution in [2.24, 2.45) is 0 Å². The second kappa shape index (κ2) is 5.04. The van der Waals surface area contributed by atoms with Gasteiger partial charge in [0.25, 0.3) is 5.95 Å². The molecule has 0 atom stereocenters. The van der Waals surface area contributed by atoms with Gasteiger partial charge in [-0.25, -0.2) is 10.5 Å². The number of nitrogens with one attached hydrogen (secondary N) is 1. The van der Waals surface area contributed by atoms with Crippen molar-refractivity contribution >= 4 is 5.95 Å². The standard InChI is InChI=1S/C9H11N3O2/c1-4-5-14-12-9-10-7(2)6-8(11-9)13-3/h1,6H,5H2,2-3H3,(H,10,11,12). The Kier molecular flexibility index (Phi) is 3.70. The highest BCUT2D eigenvalue weighted by Gasteiger charge is 2.00. The zero-order valence-corrected chi connectivity index (χ0v) is 8.07. The quantitative estimate of drug-likeness (QED) is 0.435. The average Bonchev–Trinajstić information content (AvgIpc) is 2.17. The summed E-state index contributed by atoms with van der Waals surface area (Å²) in [4.78, 5) is 12.9. The van der Waals surface area contributed by atoms with Crippen molar-refractivity contribution in [3.63, 3.8) is 0 Å². The zero-order chi connectivity index (χ0) is 10.4. The van der Waals surface area contributed by atoms with E-state index in [9.17, 15) is 0 Å². The zero-order valence-electron chi connectivity index (χ0n) is 8.07. The normalized spacial score (nSPS) is 9.21. The molecule has 5 heteroatoms. The number of hydrogen-bond donors (Lipinski definition) is 1. The Morgan fingerprint density at radius 2 is 2.36 bits per heavy atom. The Balaban J connectivity index is 2.67. The van der Waals surface area contributed by atoms with E-state index in [0.717, 1.165) is 5.69 Å². The second-order valence-electron chi connectivity index (χ2n) is 2.47. The maximum absolute atomic E-state index is 5.00. The third-order valence-corrected chi connectivity index (χ3v) is 1.36. The molecule has 0 amide bonds. The number of aromatic nitrogens is 2. The number of rotatable bonds is 4. The van der Waals surface area contributed by atoms with Gasteiger partial charge in [-0.3, -0.25) is 4.84 Å². The number of methoxy groups -OCH3 is 1. The molecule has 0 fully saturated rings. The van der Waals surface area contributed by atoms with Gasteiger partial charge < -0.3 is 4.74 Å². The van der Waals surface area contributed by atoms with E-state index in [1.54, 1.807) is 6.07 Å². The van der Waals surface area contributed by atoms with Crippen LogP contribution in [0, 0.1) is 19.3 Å². The van der Waals surface area contributed by atoms with Crippen molar-refractivity contribution in [2.45, 2.75) is 6.92 Å². The number of anilines is 1. The predicted molar refractivity (Wildman–Crippen MR) is 51.7 cm³/mol. The van der Waals surface area contributed by atoms with E-state index in [4.69, 9.17) is 16.0 Å². The van der Waals surface area contributed by atoms with Crippen LogP contribution in [0.3, 0.4) is 0 Å². The molecular formula is C9H11N3O2. The third-order valence-electron chi connectivity index (χ3n) is 1.36. The van der Waals surface area contributed by atoms with Gasteiger partial charge >= 0.3 is 0 Å². The van der Waals surface area contributed by atoms with Crippen LogP contribution in [0.15, 0.2) is 6.07 Å². The van der Waals surface area contributed by atoms with Crippen molar-refractivity contribution in [3.8, 4) is 18.2 Å². The van der Waals surface area contributed by atoms with E-state index in [1.807, 2.05) is 6.92 Å². The summed E-state index contributed by atoms with van der Waals surface area (Å²) in [5.41, 5.74) is 3.30. The number of hydrogen-bond acceptors (Lipinski definition) is 5. The highest BCUT2D eigenvalue weighted by atomic mass is 16.6. The van der Waals surface area contributed by atoms with E-state index >= 15 is 0 Å². The maximum Gasteiger partial charge on any atom is 0.250 e. The van der Waals surface area contributed by atoms with Crippen LogP contribution in [0.2, 0.25) is 0 Å². The Bertz CT molecular complexity index is 346. The Morgan fingerprint density at radius 3 is 3.00 bits per heavy atom. The fourth-order valence-electron chi connectivity index (χ4n) is 0.832. The highest BCUT2D eigenvalue weighted by Crippen LogP contribution is 2.10. The smallest absolute Gasteiger partial charge is 0.250 e. The molecule has 1 rings (SSSR count). The Labute approximate surface area is 82.4 Å². The van der Waals surface area contributed by atoms with Gasteiger partial charge in [0.05, 0.1) is 7.11 Å². The molecule has 0 saturated carbocycles. The number of terminal acetylenes is 1. The minimum absolute atomic E-state index is 0.152. The molecule has 0 aliphatic heterocycles. The van der Waals surface area contributed by atoms with Gasteiger partial charge in [0.15, 0.2) is 0 Å². The third kappa shape index (κ3) is 2.92. The van der Waals surface area contributed by atoms with Crippen LogP contribution in [0.5, 0.6) is 5.88 Å². The highest BCUT2D eigenvalue weighted by molar-refractivity contribution is 5.28. The number of ether oxygens (including phenoxy) is 1. The molecule has 1 N–H and O–H groups in total. The van der Waals surface area contributed by atoms with Crippen LogP contribution in [0.25, 0.3) is 0 Å². The van der Waals surface area contributed by atoms with E-state index in [2.05, 4.69) is 21.4 Å². The van der Waals surface area contributed by atoms with Gasteiger partial charge in [0.1, 0.15) is 6.61 Å². The molecule has 1 heterocycles. The second-order valence-corrected chi connectivity index (χ2v) is 2.47. The summed E-state index contributed by atoms with van der Waals surface area (Å²) in [6.45, 7) is 1.98. The van der Waals surface area contributed by atoms with Crippen LogP contribution >= 0.6 is 0 Å². The molecule has 0 bridgehead atoms. The number of nitrogens with zero attached hydrogens (tertiary/aromatic N) is 2. The first-order valence-electron chi connectivity index (χ1n) is 3.97. The molecule has 0 spiro atoms. The largest absolute Gasteiger partial charge is 0.481 e. The van der Waals surface area contributed by atoms with Gasteiger partial charge in [0, 0.05) is 11.8 Å². The van der Waals surface area contributed by atoms with Crippen LogP contribution < -0.4 is 10.2 Å². The summed E-state index contributed by atoms with van der Waals surface area (Å²) in [5, 5.41) is 0. The lowest BCUT2D eigenvalue weighted by Crippen LogP contribution is -2.06. The maximum atomic E-state index is 5.00. The van der Waals surface area contributed by atoms with Crippen LogP contribution in [0.4, 0.5) is 5.95 Å². The van der Waals surface area contributed by atoms with Crippen molar-refractivity contribution in [2.75, 3.05) is 19.2 Å². The molecule has 14 heavy (non-hydrogen) atoms.